The maximum atomic E-state index is 3.97. The van der Waals surface area contributed by atoms with E-state index >= 15 is 0 Å². The Balaban J connectivity index is 1.84. The summed E-state index contributed by atoms with van der Waals surface area (Å²) in [5.41, 5.74) is 0. The molecule has 2 aliphatic rings. The van der Waals surface area contributed by atoms with Crippen molar-refractivity contribution in [3.63, 3.8) is 0 Å². The van der Waals surface area contributed by atoms with Crippen LogP contribution in [0.25, 0.3) is 0 Å². The fourth-order valence-electron chi connectivity index (χ4n) is 0.994. The Bertz CT molecular complexity index is 208. The van der Waals surface area contributed by atoms with Crippen LogP contribution in [0.4, 0.5) is 0 Å². The summed E-state index contributed by atoms with van der Waals surface area (Å²) in [7, 11) is 0. The van der Waals surface area contributed by atoms with Gasteiger partial charge < -0.3 is 0 Å². The molecule has 0 atom stereocenters. The zero-order valence-corrected chi connectivity index (χ0v) is 6.67. The minimum absolute atomic E-state index is 0.820. The third-order valence-corrected chi connectivity index (χ3v) is 1.59. The minimum atomic E-state index is 0.820. The van der Waals surface area contributed by atoms with Crippen molar-refractivity contribution in [3.8, 4) is 0 Å². The largest absolute Gasteiger partial charge is 0.167 e. The number of hydrazone groups is 2. The van der Waals surface area contributed by atoms with Gasteiger partial charge in [0.05, 0.1) is 13.1 Å². The lowest BCUT2D eigenvalue weighted by atomic mass is 10.5. The molecular weight excluding hydrogens is 156 g/mol. The van der Waals surface area contributed by atoms with E-state index in [2.05, 4.69) is 20.6 Å². The van der Waals surface area contributed by atoms with Crippen LogP contribution in [-0.2, 0) is 0 Å². The predicted molar refractivity (Wildman–Crippen MR) is 44.5 cm³/mol. The molecule has 2 heterocycles. The SMILES string of the molecule is C1=NN(N=NN2CCC=N2)CC1. The highest BCUT2D eigenvalue weighted by Gasteiger charge is 2.06. The monoisotopic (exact) mass is 166 g/mol. The summed E-state index contributed by atoms with van der Waals surface area (Å²) in [6.45, 7) is 1.64. The molecule has 0 saturated carbocycles. The van der Waals surface area contributed by atoms with Gasteiger partial charge in [-0.25, -0.2) is 0 Å². The summed E-state index contributed by atoms with van der Waals surface area (Å²) in [5, 5.41) is 18.8. The second kappa shape index (κ2) is 3.29. The van der Waals surface area contributed by atoms with Crippen molar-refractivity contribution in [2.45, 2.75) is 12.8 Å². The van der Waals surface area contributed by atoms with Crippen LogP contribution in [0, 0.1) is 0 Å². The van der Waals surface area contributed by atoms with Crippen molar-refractivity contribution >= 4 is 12.4 Å². The fraction of sp³-hybridized carbons (Fsp3) is 0.667. The van der Waals surface area contributed by atoms with Crippen LogP contribution in [-0.4, -0.2) is 35.8 Å². The topological polar surface area (TPSA) is 55.9 Å². The van der Waals surface area contributed by atoms with Gasteiger partial charge >= 0.3 is 0 Å². The molecule has 0 fully saturated rings. The van der Waals surface area contributed by atoms with Gasteiger partial charge in [-0.05, 0) is 10.4 Å². The van der Waals surface area contributed by atoms with Crippen molar-refractivity contribution in [1.82, 2.24) is 10.2 Å². The van der Waals surface area contributed by atoms with Crippen molar-refractivity contribution < 1.29 is 0 Å². The van der Waals surface area contributed by atoms with Gasteiger partial charge in [0, 0.05) is 25.3 Å². The molecular formula is C6H10N6. The Morgan fingerprint density at radius 1 is 0.917 bits per heavy atom. The van der Waals surface area contributed by atoms with Crippen LogP contribution in [0.2, 0.25) is 0 Å². The van der Waals surface area contributed by atoms with E-state index in [0.29, 0.717) is 0 Å². The van der Waals surface area contributed by atoms with Gasteiger partial charge in [-0.2, -0.15) is 20.4 Å². The zero-order valence-electron chi connectivity index (χ0n) is 6.67. The summed E-state index contributed by atoms with van der Waals surface area (Å²) < 4.78 is 0. The first-order chi connectivity index (χ1) is 5.95. The molecule has 12 heavy (non-hydrogen) atoms. The molecule has 0 N–H and O–H groups in total. The van der Waals surface area contributed by atoms with Gasteiger partial charge in [0.1, 0.15) is 0 Å². The maximum absolute atomic E-state index is 3.97. The van der Waals surface area contributed by atoms with E-state index in [1.54, 1.807) is 10.2 Å². The van der Waals surface area contributed by atoms with E-state index in [-0.39, 0.29) is 0 Å². The van der Waals surface area contributed by atoms with Gasteiger partial charge in [0.25, 0.3) is 0 Å². The molecule has 0 aromatic carbocycles. The van der Waals surface area contributed by atoms with Crippen molar-refractivity contribution in [2.24, 2.45) is 20.6 Å². The van der Waals surface area contributed by atoms with E-state index in [1.807, 2.05) is 12.4 Å². The lowest BCUT2D eigenvalue weighted by molar-refractivity contribution is 0.231. The first-order valence-corrected chi connectivity index (χ1v) is 3.97. The van der Waals surface area contributed by atoms with Gasteiger partial charge in [-0.3, -0.25) is 0 Å². The molecule has 0 radical (unpaired) electrons. The van der Waals surface area contributed by atoms with E-state index in [0.717, 1.165) is 25.9 Å². The lowest BCUT2D eigenvalue weighted by Crippen LogP contribution is -2.09. The standard InChI is InChI=1S/C6H10N6/c1-3-7-11(5-1)9-10-12-6-2-4-8-12/h3-4H,1-2,5-6H2. The van der Waals surface area contributed by atoms with Crippen LogP contribution in [0.1, 0.15) is 12.8 Å². The Hall–Kier alpha value is -1.46. The number of hydrogen-bond donors (Lipinski definition) is 0. The van der Waals surface area contributed by atoms with E-state index in [1.165, 1.54) is 0 Å². The predicted octanol–water partition coefficient (Wildman–Crippen LogP) is 0.652. The number of nitrogens with zero attached hydrogens (tertiary/aromatic N) is 6. The molecule has 2 rings (SSSR count). The number of rotatable bonds is 2. The summed E-state index contributed by atoms with van der Waals surface area (Å²) in [4.78, 5) is 0. The summed E-state index contributed by atoms with van der Waals surface area (Å²) in [6, 6.07) is 0. The molecule has 0 aromatic heterocycles. The molecule has 2 aliphatic heterocycles. The van der Waals surface area contributed by atoms with Crippen LogP contribution in [0.15, 0.2) is 20.6 Å². The Kier molecular flexibility index (Phi) is 1.98. The first kappa shape index (κ1) is 7.20. The van der Waals surface area contributed by atoms with E-state index < -0.39 is 0 Å². The van der Waals surface area contributed by atoms with E-state index in [4.69, 9.17) is 0 Å². The highest BCUT2D eigenvalue weighted by molar-refractivity contribution is 5.58. The normalized spacial score (nSPS) is 22.0. The van der Waals surface area contributed by atoms with Gasteiger partial charge in [-0.1, -0.05) is 0 Å². The second-order valence-electron chi connectivity index (χ2n) is 2.54. The highest BCUT2D eigenvalue weighted by Crippen LogP contribution is 2.04. The molecule has 0 unspecified atom stereocenters. The minimum Gasteiger partial charge on any atom is -0.167 e. The van der Waals surface area contributed by atoms with Crippen molar-refractivity contribution in [2.75, 3.05) is 13.1 Å². The Morgan fingerprint density at radius 2 is 1.42 bits per heavy atom. The summed E-state index contributed by atoms with van der Waals surface area (Å²) in [5.74, 6) is 0. The molecule has 0 spiro atoms. The number of hydrogen-bond acceptors (Lipinski definition) is 4. The molecule has 6 heteroatoms. The first-order valence-electron chi connectivity index (χ1n) is 3.97. The average molecular weight is 166 g/mol. The van der Waals surface area contributed by atoms with Crippen LogP contribution < -0.4 is 0 Å². The van der Waals surface area contributed by atoms with Gasteiger partial charge in [-0.15, -0.1) is 0 Å². The highest BCUT2D eigenvalue weighted by atomic mass is 15.8. The van der Waals surface area contributed by atoms with E-state index in [9.17, 15) is 0 Å². The van der Waals surface area contributed by atoms with Gasteiger partial charge in [0.2, 0.25) is 0 Å². The molecule has 0 aromatic rings. The van der Waals surface area contributed by atoms with Crippen LogP contribution >= 0.6 is 0 Å². The maximum Gasteiger partial charge on any atom is 0.0675 e. The Labute approximate surface area is 70.2 Å². The fourth-order valence-corrected chi connectivity index (χ4v) is 0.994. The zero-order chi connectivity index (χ0) is 8.23. The van der Waals surface area contributed by atoms with Crippen LogP contribution in [0.3, 0.4) is 0 Å². The third kappa shape index (κ3) is 1.58. The van der Waals surface area contributed by atoms with Crippen LogP contribution in [0.5, 0.6) is 0 Å². The summed E-state index contributed by atoms with van der Waals surface area (Å²) >= 11 is 0. The smallest absolute Gasteiger partial charge is 0.0675 e. The molecule has 6 nitrogen and oxygen atoms in total. The van der Waals surface area contributed by atoms with Crippen molar-refractivity contribution in [3.05, 3.63) is 0 Å². The van der Waals surface area contributed by atoms with Gasteiger partial charge in [0.15, 0.2) is 0 Å². The quantitative estimate of drug-likeness (QED) is 0.565. The molecule has 0 amide bonds. The lowest BCUT2D eigenvalue weighted by Gasteiger charge is -2.06. The van der Waals surface area contributed by atoms with Crippen molar-refractivity contribution in [1.29, 1.82) is 0 Å². The molecule has 0 bridgehead atoms. The average Bonchev–Trinajstić information content (AvgIpc) is 2.74. The molecule has 0 aliphatic carbocycles. The third-order valence-electron chi connectivity index (χ3n) is 1.59. The Morgan fingerprint density at radius 3 is 1.75 bits per heavy atom. The summed E-state index contributed by atoms with van der Waals surface area (Å²) in [6.07, 6.45) is 5.54. The molecule has 64 valence electrons. The second-order valence-corrected chi connectivity index (χ2v) is 2.54. The molecule has 0 saturated heterocycles.